The number of carbonyl (C=O) groups excluding carboxylic acids is 1. The van der Waals surface area contributed by atoms with Crippen LogP contribution in [0.3, 0.4) is 0 Å². The normalized spacial score (nSPS) is 11.3. The SMILES string of the molecule is Cc1ccc(OC(=O)c2ccc3sc4nc5ccccc5nc4c3c2)cc1. The van der Waals surface area contributed by atoms with Gasteiger partial charge in [-0.15, -0.1) is 11.3 Å². The summed E-state index contributed by atoms with van der Waals surface area (Å²) in [5.41, 5.74) is 4.15. The van der Waals surface area contributed by atoms with E-state index in [1.807, 2.05) is 55.5 Å². The summed E-state index contributed by atoms with van der Waals surface area (Å²) in [6, 6.07) is 20.8. The highest BCUT2D eigenvalue weighted by Gasteiger charge is 2.14. The van der Waals surface area contributed by atoms with Crippen molar-refractivity contribution in [2.75, 3.05) is 0 Å². The largest absolute Gasteiger partial charge is 0.423 e. The predicted octanol–water partition coefficient (Wildman–Crippen LogP) is 5.53. The van der Waals surface area contributed by atoms with Gasteiger partial charge in [-0.2, -0.15) is 0 Å². The standard InChI is InChI=1S/C22H14N2O2S/c1-13-6-9-15(10-7-13)26-22(25)14-8-11-19-16(12-14)20-21(27-19)24-18-5-3-2-4-17(18)23-20/h2-12H,1H3. The Kier molecular flexibility index (Phi) is 3.62. The number of fused-ring (bicyclic) bond motifs is 4. The lowest BCUT2D eigenvalue weighted by molar-refractivity contribution is 0.0735. The van der Waals surface area contributed by atoms with Gasteiger partial charge in [0, 0.05) is 10.1 Å². The number of para-hydroxylation sites is 2. The smallest absolute Gasteiger partial charge is 0.343 e. The number of aromatic nitrogens is 2. The number of esters is 1. The van der Waals surface area contributed by atoms with E-state index < -0.39 is 0 Å². The summed E-state index contributed by atoms with van der Waals surface area (Å²) in [7, 11) is 0. The van der Waals surface area contributed by atoms with Crippen LogP contribution < -0.4 is 4.74 Å². The third-order valence-corrected chi connectivity index (χ3v) is 5.50. The van der Waals surface area contributed by atoms with E-state index in [-0.39, 0.29) is 5.97 Å². The summed E-state index contributed by atoms with van der Waals surface area (Å²) in [6.45, 7) is 1.99. The predicted molar refractivity (Wildman–Crippen MR) is 109 cm³/mol. The van der Waals surface area contributed by atoms with E-state index in [0.29, 0.717) is 11.3 Å². The molecule has 0 atom stereocenters. The minimum Gasteiger partial charge on any atom is -0.423 e. The first kappa shape index (κ1) is 15.9. The molecule has 0 unspecified atom stereocenters. The fraction of sp³-hybridized carbons (Fsp3) is 0.0455. The zero-order chi connectivity index (χ0) is 18.4. The maximum atomic E-state index is 12.6. The van der Waals surface area contributed by atoms with Crippen molar-refractivity contribution in [1.29, 1.82) is 0 Å². The molecule has 3 aromatic carbocycles. The Bertz CT molecular complexity index is 1320. The van der Waals surface area contributed by atoms with Gasteiger partial charge in [-0.25, -0.2) is 14.8 Å². The molecule has 4 nitrogen and oxygen atoms in total. The maximum Gasteiger partial charge on any atom is 0.343 e. The van der Waals surface area contributed by atoms with Gasteiger partial charge in [-0.3, -0.25) is 0 Å². The van der Waals surface area contributed by atoms with Crippen molar-refractivity contribution in [2.45, 2.75) is 6.92 Å². The number of rotatable bonds is 2. The number of nitrogens with zero attached hydrogens (tertiary/aromatic N) is 2. The molecule has 0 bridgehead atoms. The molecule has 2 aromatic heterocycles. The Morgan fingerprint density at radius 3 is 2.44 bits per heavy atom. The minimum absolute atomic E-state index is 0.381. The van der Waals surface area contributed by atoms with Crippen LogP contribution in [0.4, 0.5) is 0 Å². The fourth-order valence-electron chi connectivity index (χ4n) is 3.04. The molecule has 0 saturated heterocycles. The molecule has 27 heavy (non-hydrogen) atoms. The number of thiophene rings is 1. The Labute approximate surface area is 159 Å². The second kappa shape index (κ2) is 6.14. The molecule has 0 fully saturated rings. The lowest BCUT2D eigenvalue weighted by Gasteiger charge is -2.05. The van der Waals surface area contributed by atoms with E-state index in [2.05, 4.69) is 0 Å². The second-order valence-electron chi connectivity index (χ2n) is 6.38. The van der Waals surface area contributed by atoms with Crippen LogP contribution in [0.1, 0.15) is 15.9 Å². The summed E-state index contributed by atoms with van der Waals surface area (Å²) >= 11 is 1.58. The van der Waals surface area contributed by atoms with Gasteiger partial charge in [-0.05, 0) is 49.4 Å². The van der Waals surface area contributed by atoms with E-state index in [1.54, 1.807) is 29.5 Å². The highest BCUT2D eigenvalue weighted by Crippen LogP contribution is 2.33. The molecular formula is C22H14N2O2S. The molecule has 0 spiro atoms. The van der Waals surface area contributed by atoms with E-state index in [4.69, 9.17) is 14.7 Å². The molecule has 5 rings (SSSR count). The van der Waals surface area contributed by atoms with Crippen LogP contribution in [0.5, 0.6) is 5.75 Å². The summed E-state index contributed by atoms with van der Waals surface area (Å²) in [5.74, 6) is 0.153. The van der Waals surface area contributed by atoms with Crippen LogP contribution in [-0.2, 0) is 0 Å². The van der Waals surface area contributed by atoms with Crippen LogP contribution >= 0.6 is 11.3 Å². The molecule has 0 saturated carbocycles. The number of ether oxygens (including phenoxy) is 1. The Hall–Kier alpha value is -3.31. The molecule has 2 heterocycles. The highest BCUT2D eigenvalue weighted by molar-refractivity contribution is 7.25. The van der Waals surface area contributed by atoms with Crippen LogP contribution in [0.2, 0.25) is 0 Å². The molecule has 0 radical (unpaired) electrons. The van der Waals surface area contributed by atoms with E-state index in [0.717, 1.165) is 37.0 Å². The van der Waals surface area contributed by atoms with Gasteiger partial charge in [0.2, 0.25) is 0 Å². The molecule has 0 aliphatic rings. The Balaban J connectivity index is 1.59. The highest BCUT2D eigenvalue weighted by atomic mass is 32.1. The quantitative estimate of drug-likeness (QED) is 0.303. The maximum absolute atomic E-state index is 12.6. The van der Waals surface area contributed by atoms with Crippen LogP contribution in [0.25, 0.3) is 31.5 Å². The van der Waals surface area contributed by atoms with Gasteiger partial charge in [0.25, 0.3) is 0 Å². The third-order valence-electron chi connectivity index (χ3n) is 4.45. The second-order valence-corrected chi connectivity index (χ2v) is 7.41. The summed E-state index contributed by atoms with van der Waals surface area (Å²) in [4.78, 5) is 22.9. The lowest BCUT2D eigenvalue weighted by atomic mass is 10.1. The average molecular weight is 370 g/mol. The van der Waals surface area contributed by atoms with Crippen molar-refractivity contribution in [3.63, 3.8) is 0 Å². The fourth-order valence-corrected chi connectivity index (χ4v) is 4.04. The lowest BCUT2D eigenvalue weighted by Crippen LogP contribution is -2.08. The molecule has 0 amide bonds. The molecular weight excluding hydrogens is 356 g/mol. The van der Waals surface area contributed by atoms with Crippen LogP contribution in [0.15, 0.2) is 66.7 Å². The van der Waals surface area contributed by atoms with Crippen molar-refractivity contribution in [2.24, 2.45) is 0 Å². The van der Waals surface area contributed by atoms with E-state index in [9.17, 15) is 4.79 Å². The first-order valence-corrected chi connectivity index (χ1v) is 9.37. The van der Waals surface area contributed by atoms with Gasteiger partial charge in [-0.1, -0.05) is 29.8 Å². The summed E-state index contributed by atoms with van der Waals surface area (Å²) in [5, 5.41) is 0.923. The summed E-state index contributed by atoms with van der Waals surface area (Å²) < 4.78 is 6.54. The Morgan fingerprint density at radius 1 is 0.926 bits per heavy atom. The number of hydrogen-bond acceptors (Lipinski definition) is 5. The van der Waals surface area contributed by atoms with Gasteiger partial charge in [0.05, 0.1) is 16.6 Å². The van der Waals surface area contributed by atoms with E-state index >= 15 is 0 Å². The van der Waals surface area contributed by atoms with Crippen molar-refractivity contribution >= 4 is 48.8 Å². The van der Waals surface area contributed by atoms with Crippen molar-refractivity contribution in [3.05, 3.63) is 77.9 Å². The van der Waals surface area contributed by atoms with Gasteiger partial charge < -0.3 is 4.74 Å². The van der Waals surface area contributed by atoms with Crippen molar-refractivity contribution in [3.8, 4) is 5.75 Å². The zero-order valence-corrected chi connectivity index (χ0v) is 15.3. The zero-order valence-electron chi connectivity index (χ0n) is 14.5. The minimum atomic E-state index is -0.381. The van der Waals surface area contributed by atoms with Crippen molar-refractivity contribution < 1.29 is 9.53 Å². The number of aryl methyl sites for hydroxylation is 1. The molecule has 5 aromatic rings. The molecule has 0 aliphatic heterocycles. The van der Waals surface area contributed by atoms with E-state index in [1.165, 1.54) is 0 Å². The average Bonchev–Trinajstić information content (AvgIpc) is 3.04. The first-order valence-electron chi connectivity index (χ1n) is 8.55. The number of benzene rings is 3. The first-order chi connectivity index (χ1) is 13.2. The molecule has 0 N–H and O–H groups in total. The Morgan fingerprint density at radius 2 is 1.67 bits per heavy atom. The van der Waals surface area contributed by atoms with Gasteiger partial charge in [0.1, 0.15) is 16.1 Å². The van der Waals surface area contributed by atoms with Crippen LogP contribution in [0, 0.1) is 6.92 Å². The van der Waals surface area contributed by atoms with Crippen molar-refractivity contribution in [1.82, 2.24) is 9.97 Å². The monoisotopic (exact) mass is 370 g/mol. The summed E-state index contributed by atoms with van der Waals surface area (Å²) in [6.07, 6.45) is 0. The van der Waals surface area contributed by atoms with Gasteiger partial charge >= 0.3 is 5.97 Å². The van der Waals surface area contributed by atoms with Crippen LogP contribution in [-0.4, -0.2) is 15.9 Å². The number of hydrogen-bond donors (Lipinski definition) is 0. The molecule has 5 heteroatoms. The number of carbonyl (C=O) groups is 1. The molecule has 130 valence electrons. The topological polar surface area (TPSA) is 52.1 Å². The molecule has 0 aliphatic carbocycles. The van der Waals surface area contributed by atoms with Gasteiger partial charge in [0.15, 0.2) is 0 Å². The third kappa shape index (κ3) is 2.82.